The number of para-hydroxylation sites is 1. The van der Waals surface area contributed by atoms with Gasteiger partial charge in [-0.3, -0.25) is 14.6 Å². The monoisotopic (exact) mass is 294 g/mol. The first kappa shape index (κ1) is 15.6. The second-order valence-electron chi connectivity index (χ2n) is 5.15. The molecule has 0 aliphatic rings. The number of hydrogen-bond acceptors (Lipinski definition) is 3. The molecule has 0 unspecified atom stereocenters. The highest BCUT2D eigenvalue weighted by atomic mass is 16.2. The number of Topliss-reactive ketones (excluding diaryl/α,β-unsaturated/α-hetero) is 1. The fraction of sp³-hybridized carbons (Fsp3) is 0.167. The lowest BCUT2D eigenvalue weighted by atomic mass is 9.99. The number of benzene rings is 1. The first-order chi connectivity index (χ1) is 10.6. The van der Waals surface area contributed by atoms with Gasteiger partial charge in [0, 0.05) is 17.8 Å². The summed E-state index contributed by atoms with van der Waals surface area (Å²) in [6, 6.07) is 14.4. The summed E-state index contributed by atoms with van der Waals surface area (Å²) < 4.78 is 0. The van der Waals surface area contributed by atoms with Crippen LogP contribution in [0.15, 0.2) is 60.3 Å². The minimum Gasteiger partial charge on any atom is -0.322 e. The van der Waals surface area contributed by atoms with Crippen molar-refractivity contribution in [1.29, 1.82) is 0 Å². The molecule has 1 amide bonds. The van der Waals surface area contributed by atoms with Crippen molar-refractivity contribution < 1.29 is 9.59 Å². The molecule has 22 heavy (non-hydrogen) atoms. The minimum atomic E-state index is -0.421. The Bertz CT molecular complexity index is 677. The van der Waals surface area contributed by atoms with E-state index < -0.39 is 5.91 Å². The lowest BCUT2D eigenvalue weighted by Gasteiger charge is -2.10. The maximum absolute atomic E-state index is 12.4. The molecule has 0 saturated carbocycles. The van der Waals surface area contributed by atoms with E-state index in [1.807, 2.05) is 24.3 Å². The fourth-order valence-electron chi connectivity index (χ4n) is 1.89. The van der Waals surface area contributed by atoms with Crippen LogP contribution in [0.1, 0.15) is 19.5 Å². The van der Waals surface area contributed by atoms with Gasteiger partial charge in [0.25, 0.3) is 5.91 Å². The van der Waals surface area contributed by atoms with Gasteiger partial charge in [-0.25, -0.2) is 0 Å². The van der Waals surface area contributed by atoms with Crippen molar-refractivity contribution in [2.24, 2.45) is 5.92 Å². The number of amides is 1. The molecule has 0 radical (unpaired) electrons. The summed E-state index contributed by atoms with van der Waals surface area (Å²) in [6.45, 7) is 3.54. The van der Waals surface area contributed by atoms with Crippen LogP contribution >= 0.6 is 0 Å². The van der Waals surface area contributed by atoms with Crippen molar-refractivity contribution in [2.75, 3.05) is 5.32 Å². The molecule has 4 heteroatoms. The van der Waals surface area contributed by atoms with E-state index in [0.29, 0.717) is 11.4 Å². The van der Waals surface area contributed by atoms with Crippen LogP contribution in [0.5, 0.6) is 0 Å². The van der Waals surface area contributed by atoms with Crippen molar-refractivity contribution in [3.8, 4) is 0 Å². The number of anilines is 1. The van der Waals surface area contributed by atoms with Gasteiger partial charge in [0.2, 0.25) is 0 Å². The Hall–Kier alpha value is -2.75. The predicted molar refractivity (Wildman–Crippen MR) is 87.1 cm³/mol. The molecule has 112 valence electrons. The zero-order chi connectivity index (χ0) is 15.9. The number of pyridine rings is 1. The minimum absolute atomic E-state index is 0.109. The SMILES string of the molecule is CC(C)C(=O)C(=Cc1ccccn1)C(=O)Nc1ccccc1. The van der Waals surface area contributed by atoms with E-state index in [1.54, 1.807) is 44.3 Å². The van der Waals surface area contributed by atoms with Crippen molar-refractivity contribution in [3.05, 3.63) is 66.0 Å². The summed E-state index contributed by atoms with van der Waals surface area (Å²) in [5.41, 5.74) is 1.34. The van der Waals surface area contributed by atoms with E-state index in [1.165, 1.54) is 6.08 Å². The molecule has 1 heterocycles. The molecule has 0 aliphatic carbocycles. The lowest BCUT2D eigenvalue weighted by molar-refractivity contribution is -0.121. The molecule has 0 spiro atoms. The first-order valence-corrected chi connectivity index (χ1v) is 7.11. The fourth-order valence-corrected chi connectivity index (χ4v) is 1.89. The maximum Gasteiger partial charge on any atom is 0.259 e. The molecular weight excluding hydrogens is 276 g/mol. The Morgan fingerprint density at radius 2 is 1.73 bits per heavy atom. The Balaban J connectivity index is 2.30. The van der Waals surface area contributed by atoms with Gasteiger partial charge in [0.15, 0.2) is 5.78 Å². The molecular formula is C18H18N2O2. The zero-order valence-electron chi connectivity index (χ0n) is 12.6. The summed E-state index contributed by atoms with van der Waals surface area (Å²) in [5.74, 6) is -0.897. The smallest absolute Gasteiger partial charge is 0.259 e. The van der Waals surface area contributed by atoms with Crippen LogP contribution in [0, 0.1) is 5.92 Å². The Labute approximate surface area is 129 Å². The summed E-state index contributed by atoms with van der Waals surface area (Å²) >= 11 is 0. The second-order valence-corrected chi connectivity index (χ2v) is 5.15. The third-order valence-electron chi connectivity index (χ3n) is 3.05. The van der Waals surface area contributed by atoms with E-state index in [0.717, 1.165) is 0 Å². The van der Waals surface area contributed by atoms with Gasteiger partial charge < -0.3 is 5.32 Å². The highest BCUT2D eigenvalue weighted by Gasteiger charge is 2.21. The topological polar surface area (TPSA) is 59.1 Å². The number of carbonyl (C=O) groups is 2. The molecule has 0 fully saturated rings. The van der Waals surface area contributed by atoms with Crippen LogP contribution in [0.3, 0.4) is 0 Å². The van der Waals surface area contributed by atoms with E-state index in [-0.39, 0.29) is 17.3 Å². The molecule has 0 aliphatic heterocycles. The number of nitrogens with zero attached hydrogens (tertiary/aromatic N) is 1. The van der Waals surface area contributed by atoms with Gasteiger partial charge in [-0.05, 0) is 30.3 Å². The van der Waals surface area contributed by atoms with Crippen LogP contribution in [-0.4, -0.2) is 16.7 Å². The van der Waals surface area contributed by atoms with Gasteiger partial charge in [-0.2, -0.15) is 0 Å². The average Bonchev–Trinajstić information content (AvgIpc) is 2.53. The summed E-state index contributed by atoms with van der Waals surface area (Å²) in [5, 5.41) is 2.74. The Kier molecular flexibility index (Phi) is 5.20. The van der Waals surface area contributed by atoms with Crippen molar-refractivity contribution in [3.63, 3.8) is 0 Å². The predicted octanol–water partition coefficient (Wildman–Crippen LogP) is 3.33. The van der Waals surface area contributed by atoms with Gasteiger partial charge in [-0.1, -0.05) is 38.1 Å². The highest BCUT2D eigenvalue weighted by Crippen LogP contribution is 2.14. The number of aromatic nitrogens is 1. The highest BCUT2D eigenvalue weighted by molar-refractivity contribution is 6.26. The normalized spacial score (nSPS) is 11.3. The quantitative estimate of drug-likeness (QED) is 0.523. The largest absolute Gasteiger partial charge is 0.322 e. The molecule has 0 atom stereocenters. The molecule has 1 aromatic carbocycles. The number of ketones is 1. The van der Waals surface area contributed by atoms with Crippen LogP contribution in [0.4, 0.5) is 5.69 Å². The van der Waals surface area contributed by atoms with Gasteiger partial charge in [0.1, 0.15) is 0 Å². The maximum atomic E-state index is 12.4. The molecule has 2 aromatic rings. The van der Waals surface area contributed by atoms with E-state index in [4.69, 9.17) is 0 Å². The van der Waals surface area contributed by atoms with Crippen LogP contribution in [-0.2, 0) is 9.59 Å². The van der Waals surface area contributed by atoms with Crippen LogP contribution < -0.4 is 5.32 Å². The van der Waals surface area contributed by atoms with E-state index in [2.05, 4.69) is 10.3 Å². The van der Waals surface area contributed by atoms with E-state index >= 15 is 0 Å². The standard InChI is InChI=1S/C18H18N2O2/c1-13(2)17(21)16(12-15-10-6-7-11-19-15)18(22)20-14-8-4-3-5-9-14/h3-13H,1-2H3,(H,20,22). The summed E-state index contributed by atoms with van der Waals surface area (Å²) in [7, 11) is 0. The molecule has 0 bridgehead atoms. The summed E-state index contributed by atoms with van der Waals surface area (Å²) in [4.78, 5) is 28.9. The van der Waals surface area contributed by atoms with Crippen molar-refractivity contribution in [2.45, 2.75) is 13.8 Å². The molecule has 4 nitrogen and oxygen atoms in total. The van der Waals surface area contributed by atoms with Crippen LogP contribution in [0.2, 0.25) is 0 Å². The third-order valence-corrected chi connectivity index (χ3v) is 3.05. The van der Waals surface area contributed by atoms with Gasteiger partial charge in [-0.15, -0.1) is 0 Å². The average molecular weight is 294 g/mol. The number of hydrogen-bond donors (Lipinski definition) is 1. The Morgan fingerprint density at radius 3 is 2.32 bits per heavy atom. The second kappa shape index (κ2) is 7.31. The molecule has 0 saturated heterocycles. The first-order valence-electron chi connectivity index (χ1n) is 7.11. The zero-order valence-corrected chi connectivity index (χ0v) is 12.6. The number of rotatable bonds is 5. The van der Waals surface area contributed by atoms with Gasteiger partial charge >= 0.3 is 0 Å². The molecule has 1 N–H and O–H groups in total. The van der Waals surface area contributed by atoms with Crippen LogP contribution in [0.25, 0.3) is 6.08 Å². The van der Waals surface area contributed by atoms with Crippen molar-refractivity contribution in [1.82, 2.24) is 4.98 Å². The van der Waals surface area contributed by atoms with E-state index in [9.17, 15) is 9.59 Å². The Morgan fingerprint density at radius 1 is 1.05 bits per heavy atom. The number of carbonyl (C=O) groups excluding carboxylic acids is 2. The van der Waals surface area contributed by atoms with Gasteiger partial charge in [0.05, 0.1) is 11.3 Å². The molecule has 2 rings (SSSR count). The third kappa shape index (κ3) is 4.12. The number of nitrogens with one attached hydrogen (secondary N) is 1. The lowest BCUT2D eigenvalue weighted by Crippen LogP contribution is -2.23. The summed E-state index contributed by atoms with van der Waals surface area (Å²) in [6.07, 6.45) is 3.15. The van der Waals surface area contributed by atoms with Crippen molar-refractivity contribution >= 4 is 23.5 Å². The molecule has 1 aromatic heterocycles.